The molecule has 124 valence electrons. The average Bonchev–Trinajstić information content (AvgIpc) is 2.87. The fraction of sp³-hybridized carbons (Fsp3) is 0.933. The second-order valence-corrected chi connectivity index (χ2v) is 7.41. The SMILES string of the molecule is CCCCOC(=O)NC1CCC(C(CCCC)[PH](=O)O)C1. The summed E-state index contributed by atoms with van der Waals surface area (Å²) in [5, 5.41) is 2.88. The van der Waals surface area contributed by atoms with Gasteiger partial charge in [-0.15, -0.1) is 0 Å². The molecule has 0 aliphatic heterocycles. The van der Waals surface area contributed by atoms with Crippen LogP contribution in [0.25, 0.3) is 0 Å². The summed E-state index contributed by atoms with van der Waals surface area (Å²) in [7, 11) is -2.49. The van der Waals surface area contributed by atoms with Gasteiger partial charge in [0.2, 0.25) is 0 Å². The Morgan fingerprint density at radius 1 is 1.33 bits per heavy atom. The van der Waals surface area contributed by atoms with E-state index < -0.39 is 8.03 Å². The Morgan fingerprint density at radius 2 is 2.05 bits per heavy atom. The van der Waals surface area contributed by atoms with E-state index in [0.29, 0.717) is 6.61 Å². The minimum Gasteiger partial charge on any atom is -0.450 e. The number of ether oxygens (including phenoxy) is 1. The minimum absolute atomic E-state index is 0.0853. The Labute approximate surface area is 128 Å². The van der Waals surface area contributed by atoms with Crippen molar-refractivity contribution in [3.05, 3.63) is 0 Å². The molecule has 1 amide bonds. The van der Waals surface area contributed by atoms with Gasteiger partial charge in [-0.3, -0.25) is 4.57 Å². The number of alkyl carbamates (subject to hydrolysis) is 1. The molecule has 0 aromatic carbocycles. The molecule has 1 rings (SSSR count). The molecule has 0 saturated heterocycles. The van der Waals surface area contributed by atoms with Gasteiger partial charge in [-0.25, -0.2) is 4.79 Å². The summed E-state index contributed by atoms with van der Waals surface area (Å²) in [5.74, 6) is 0.258. The molecule has 0 aromatic rings. The second-order valence-electron chi connectivity index (χ2n) is 5.99. The number of carbonyl (C=O) groups is 1. The van der Waals surface area contributed by atoms with Crippen molar-refractivity contribution in [1.82, 2.24) is 5.32 Å². The van der Waals surface area contributed by atoms with Gasteiger partial charge in [0.25, 0.3) is 0 Å². The van der Waals surface area contributed by atoms with Crippen LogP contribution < -0.4 is 5.32 Å². The molecule has 1 fully saturated rings. The van der Waals surface area contributed by atoms with E-state index in [0.717, 1.165) is 51.4 Å². The van der Waals surface area contributed by atoms with Crippen LogP contribution in [-0.4, -0.2) is 29.3 Å². The van der Waals surface area contributed by atoms with Crippen molar-refractivity contribution < 1.29 is 19.0 Å². The van der Waals surface area contributed by atoms with Gasteiger partial charge >= 0.3 is 6.09 Å². The first kappa shape index (κ1) is 18.5. The highest BCUT2D eigenvalue weighted by atomic mass is 31.1. The summed E-state index contributed by atoms with van der Waals surface area (Å²) in [6.45, 7) is 4.61. The zero-order chi connectivity index (χ0) is 15.7. The molecule has 6 heteroatoms. The summed E-state index contributed by atoms with van der Waals surface area (Å²) in [4.78, 5) is 21.2. The third-order valence-corrected chi connectivity index (χ3v) is 5.68. The fourth-order valence-electron chi connectivity index (χ4n) is 3.02. The monoisotopic (exact) mass is 319 g/mol. The van der Waals surface area contributed by atoms with Crippen molar-refractivity contribution in [2.75, 3.05) is 6.61 Å². The van der Waals surface area contributed by atoms with Gasteiger partial charge in [-0.05, 0) is 38.0 Å². The standard InChI is InChI=1S/C15H30NO4P/c1-3-5-7-14(21(18)19)12-8-9-13(11-12)16-15(17)20-10-6-4-2/h12-14,21H,3-11H2,1-2H3,(H,16,17)(H,18,19). The van der Waals surface area contributed by atoms with E-state index in [1.165, 1.54) is 0 Å². The van der Waals surface area contributed by atoms with E-state index in [1.54, 1.807) is 0 Å². The maximum Gasteiger partial charge on any atom is 0.407 e. The van der Waals surface area contributed by atoms with E-state index in [1.807, 2.05) is 0 Å². The molecule has 0 aromatic heterocycles. The number of hydrogen-bond acceptors (Lipinski definition) is 3. The number of rotatable bonds is 9. The highest BCUT2D eigenvalue weighted by Crippen LogP contribution is 2.41. The molecular formula is C15H30NO4P. The van der Waals surface area contributed by atoms with Gasteiger partial charge in [0, 0.05) is 11.7 Å². The summed E-state index contributed by atoms with van der Waals surface area (Å²) >= 11 is 0. The molecular weight excluding hydrogens is 289 g/mol. The summed E-state index contributed by atoms with van der Waals surface area (Å²) in [6.07, 6.45) is 7.00. The lowest BCUT2D eigenvalue weighted by Crippen LogP contribution is -2.34. The van der Waals surface area contributed by atoms with Gasteiger partial charge in [0.15, 0.2) is 8.03 Å². The number of hydrogen-bond donors (Lipinski definition) is 2. The van der Waals surface area contributed by atoms with Crippen molar-refractivity contribution in [3.63, 3.8) is 0 Å². The van der Waals surface area contributed by atoms with Crippen LogP contribution >= 0.6 is 8.03 Å². The summed E-state index contributed by atoms with van der Waals surface area (Å²) in [5.41, 5.74) is -0.0853. The summed E-state index contributed by atoms with van der Waals surface area (Å²) in [6, 6.07) is 0.0922. The van der Waals surface area contributed by atoms with Gasteiger partial charge in [-0.1, -0.05) is 33.1 Å². The first-order valence-electron chi connectivity index (χ1n) is 8.24. The smallest absolute Gasteiger partial charge is 0.407 e. The van der Waals surface area contributed by atoms with Crippen LogP contribution in [0, 0.1) is 5.92 Å². The molecule has 21 heavy (non-hydrogen) atoms. The van der Waals surface area contributed by atoms with Gasteiger partial charge in [0.1, 0.15) is 0 Å². The molecule has 1 saturated carbocycles. The molecule has 1 aliphatic rings. The Bertz CT molecular complexity index is 338. The molecule has 5 nitrogen and oxygen atoms in total. The molecule has 1 aliphatic carbocycles. The third-order valence-electron chi connectivity index (χ3n) is 4.28. The van der Waals surface area contributed by atoms with E-state index in [4.69, 9.17) is 4.74 Å². The molecule has 0 radical (unpaired) electrons. The lowest BCUT2D eigenvalue weighted by Gasteiger charge is -2.21. The van der Waals surface area contributed by atoms with Crippen LogP contribution in [0.2, 0.25) is 0 Å². The van der Waals surface area contributed by atoms with Crippen LogP contribution in [0.3, 0.4) is 0 Å². The van der Waals surface area contributed by atoms with Crippen molar-refractivity contribution >= 4 is 14.1 Å². The van der Waals surface area contributed by atoms with Crippen LogP contribution in [0.1, 0.15) is 65.2 Å². The van der Waals surface area contributed by atoms with Gasteiger partial charge in [0.05, 0.1) is 6.61 Å². The van der Waals surface area contributed by atoms with E-state index in [2.05, 4.69) is 19.2 Å². The largest absolute Gasteiger partial charge is 0.450 e. The molecule has 0 bridgehead atoms. The Morgan fingerprint density at radius 3 is 2.67 bits per heavy atom. The Hall–Kier alpha value is -0.540. The zero-order valence-corrected chi connectivity index (χ0v) is 14.3. The lowest BCUT2D eigenvalue weighted by atomic mass is 9.99. The fourth-order valence-corrected chi connectivity index (χ4v) is 4.17. The second kappa shape index (κ2) is 10.2. The van der Waals surface area contributed by atoms with Gasteiger partial charge < -0.3 is 14.9 Å². The lowest BCUT2D eigenvalue weighted by molar-refractivity contribution is 0.140. The van der Waals surface area contributed by atoms with Crippen molar-refractivity contribution in [2.24, 2.45) is 5.92 Å². The van der Waals surface area contributed by atoms with Crippen LogP contribution in [0.15, 0.2) is 0 Å². The highest BCUT2D eigenvalue weighted by molar-refractivity contribution is 7.38. The number of nitrogens with one attached hydrogen (secondary N) is 1. The van der Waals surface area contributed by atoms with Crippen molar-refractivity contribution in [1.29, 1.82) is 0 Å². The average molecular weight is 319 g/mol. The Balaban J connectivity index is 2.36. The third kappa shape index (κ3) is 6.84. The molecule has 2 N–H and O–H groups in total. The predicted molar refractivity (Wildman–Crippen MR) is 85.1 cm³/mol. The molecule has 0 spiro atoms. The van der Waals surface area contributed by atoms with Crippen LogP contribution in [0.5, 0.6) is 0 Å². The van der Waals surface area contributed by atoms with Gasteiger partial charge in [-0.2, -0.15) is 0 Å². The maximum atomic E-state index is 11.6. The maximum absolute atomic E-state index is 11.6. The minimum atomic E-state index is -2.49. The Kier molecular flexibility index (Phi) is 9.02. The van der Waals surface area contributed by atoms with E-state index in [-0.39, 0.29) is 23.7 Å². The predicted octanol–water partition coefficient (Wildman–Crippen LogP) is 3.71. The van der Waals surface area contributed by atoms with Crippen LogP contribution in [-0.2, 0) is 9.30 Å². The number of unbranched alkanes of at least 4 members (excludes halogenated alkanes) is 2. The highest BCUT2D eigenvalue weighted by Gasteiger charge is 2.33. The first-order chi connectivity index (χ1) is 10.1. The molecule has 0 heterocycles. The van der Waals surface area contributed by atoms with Crippen LogP contribution in [0.4, 0.5) is 4.79 Å². The number of amides is 1. The van der Waals surface area contributed by atoms with Crippen molar-refractivity contribution in [2.45, 2.75) is 76.9 Å². The van der Waals surface area contributed by atoms with E-state index >= 15 is 0 Å². The molecule has 4 atom stereocenters. The van der Waals surface area contributed by atoms with Crippen molar-refractivity contribution in [3.8, 4) is 0 Å². The number of carbonyl (C=O) groups excluding carboxylic acids is 1. The zero-order valence-electron chi connectivity index (χ0n) is 13.3. The summed E-state index contributed by atoms with van der Waals surface area (Å²) < 4.78 is 16.7. The normalized spacial score (nSPS) is 24.5. The molecule has 4 unspecified atom stereocenters. The van der Waals surface area contributed by atoms with E-state index in [9.17, 15) is 14.3 Å². The quantitative estimate of drug-likeness (QED) is 0.502. The first-order valence-corrected chi connectivity index (χ1v) is 9.67. The topological polar surface area (TPSA) is 75.6 Å².